The van der Waals surface area contributed by atoms with Gasteiger partial charge in [-0.05, 0) is 50.2 Å². The molecule has 1 saturated carbocycles. The van der Waals surface area contributed by atoms with Crippen LogP contribution >= 0.6 is 0 Å². The Hall–Kier alpha value is -1.92. The molecule has 5 heterocycles. The lowest BCUT2D eigenvalue weighted by molar-refractivity contribution is -0.577. The van der Waals surface area contributed by atoms with Crippen molar-refractivity contribution in [2.45, 2.75) is 70.4 Å². The highest BCUT2D eigenvalue weighted by molar-refractivity contribution is 6.21. The largest absolute Gasteiger partial charge is 0.377 e. The number of benzene rings is 1. The molecule has 6 aliphatic rings. The molecule has 10 heteroatoms. The molecule has 10 nitrogen and oxygen atoms in total. The fourth-order valence-electron chi connectivity index (χ4n) is 7.21. The molecule has 5 aliphatic heterocycles. The summed E-state index contributed by atoms with van der Waals surface area (Å²) in [6.07, 6.45) is 3.03. The summed E-state index contributed by atoms with van der Waals surface area (Å²) in [6.45, 7) is 8.37. The van der Waals surface area contributed by atoms with Crippen molar-refractivity contribution < 1.29 is 43.0 Å². The monoisotopic (exact) mass is 545 g/mol. The minimum atomic E-state index is -0.800. The highest BCUT2D eigenvalue weighted by Gasteiger charge is 2.69. The summed E-state index contributed by atoms with van der Waals surface area (Å²) in [7, 11) is 0. The van der Waals surface area contributed by atoms with Crippen LogP contribution in [0.2, 0.25) is 0 Å². The number of amides is 2. The van der Waals surface area contributed by atoms with Gasteiger partial charge >= 0.3 is 0 Å². The Labute approximate surface area is 229 Å². The number of hydrogen-bond donors (Lipinski definition) is 0. The quantitative estimate of drug-likeness (QED) is 0.248. The van der Waals surface area contributed by atoms with E-state index >= 15 is 0 Å². The fourth-order valence-corrected chi connectivity index (χ4v) is 7.21. The predicted octanol–water partition coefficient (Wildman–Crippen LogP) is 3.54. The lowest BCUT2D eigenvalue weighted by atomic mass is 9.58. The molecule has 5 fully saturated rings. The molecule has 0 radical (unpaired) electrons. The van der Waals surface area contributed by atoms with Crippen molar-refractivity contribution in [2.75, 3.05) is 39.6 Å². The molecule has 0 aromatic heterocycles. The number of fused-ring (bicyclic) bond motifs is 3. The van der Waals surface area contributed by atoms with Gasteiger partial charge in [0.25, 0.3) is 11.8 Å². The molecule has 2 amide bonds. The van der Waals surface area contributed by atoms with Crippen LogP contribution in [0.5, 0.6) is 0 Å². The number of ether oxygens (including phenoxy) is 5. The smallest absolute Gasteiger partial charge is 0.261 e. The molecule has 1 aliphatic carbocycles. The number of hydrogen-bond acceptors (Lipinski definition) is 9. The number of carbonyl (C=O) groups is 2. The van der Waals surface area contributed by atoms with Crippen LogP contribution < -0.4 is 0 Å². The average molecular weight is 546 g/mol. The molecule has 7 rings (SSSR count). The molecule has 214 valence electrons. The van der Waals surface area contributed by atoms with Crippen molar-refractivity contribution in [1.29, 1.82) is 0 Å². The molecule has 1 aromatic carbocycles. The molecular formula is C29H39NO9. The second-order valence-electron chi connectivity index (χ2n) is 11.7. The van der Waals surface area contributed by atoms with E-state index in [1.54, 1.807) is 24.3 Å². The molecular weight excluding hydrogens is 506 g/mol. The Balaban J connectivity index is 0.919. The summed E-state index contributed by atoms with van der Waals surface area (Å²) in [6, 6.07) is 6.86. The maximum absolute atomic E-state index is 12.4. The average Bonchev–Trinajstić information content (AvgIpc) is 3.03. The van der Waals surface area contributed by atoms with Crippen molar-refractivity contribution in [1.82, 2.24) is 4.90 Å². The minimum absolute atomic E-state index is 0.122. The maximum Gasteiger partial charge on any atom is 0.261 e. The summed E-state index contributed by atoms with van der Waals surface area (Å²) in [5.74, 6) is -0.150. The summed E-state index contributed by atoms with van der Waals surface area (Å²) in [5, 5.41) is 0. The lowest BCUT2D eigenvalue weighted by Crippen LogP contribution is -2.70. The first-order valence-electron chi connectivity index (χ1n) is 14.3. The van der Waals surface area contributed by atoms with Gasteiger partial charge in [-0.25, -0.2) is 9.78 Å². The second-order valence-corrected chi connectivity index (χ2v) is 11.7. The summed E-state index contributed by atoms with van der Waals surface area (Å²) in [4.78, 5) is 38.1. The van der Waals surface area contributed by atoms with Crippen LogP contribution in [0.1, 0.15) is 67.2 Å². The van der Waals surface area contributed by atoms with E-state index in [2.05, 4.69) is 13.8 Å². The minimum Gasteiger partial charge on any atom is -0.377 e. The number of carbonyl (C=O) groups excluding carboxylic acids is 2. The van der Waals surface area contributed by atoms with Gasteiger partial charge in [0.05, 0.1) is 50.7 Å². The first-order chi connectivity index (χ1) is 18.8. The van der Waals surface area contributed by atoms with Gasteiger partial charge in [-0.1, -0.05) is 26.0 Å². The van der Waals surface area contributed by atoms with E-state index in [1.807, 2.05) is 6.92 Å². The van der Waals surface area contributed by atoms with Crippen LogP contribution in [0.15, 0.2) is 24.3 Å². The van der Waals surface area contributed by atoms with Crippen LogP contribution in [0.4, 0.5) is 0 Å². The summed E-state index contributed by atoms with van der Waals surface area (Å²) >= 11 is 0. The van der Waals surface area contributed by atoms with Crippen molar-refractivity contribution in [3.63, 3.8) is 0 Å². The van der Waals surface area contributed by atoms with Gasteiger partial charge in [0.1, 0.15) is 0 Å². The van der Waals surface area contributed by atoms with Gasteiger partial charge in [-0.15, -0.1) is 0 Å². The predicted molar refractivity (Wildman–Crippen MR) is 136 cm³/mol. The number of rotatable bonds is 10. The Morgan fingerprint density at radius 1 is 0.897 bits per heavy atom. The third kappa shape index (κ3) is 4.73. The number of nitrogens with zero attached hydrogens (tertiary/aromatic N) is 1. The molecule has 0 N–H and O–H groups in total. The van der Waals surface area contributed by atoms with E-state index in [0.29, 0.717) is 49.4 Å². The summed E-state index contributed by atoms with van der Waals surface area (Å²) in [5.41, 5.74) is 0.306. The van der Waals surface area contributed by atoms with Gasteiger partial charge in [-0.2, -0.15) is 0 Å². The maximum atomic E-state index is 12.4. The van der Waals surface area contributed by atoms with E-state index in [0.717, 1.165) is 25.7 Å². The highest BCUT2D eigenvalue weighted by Crippen LogP contribution is 2.60. The molecule has 1 spiro atoms. The topological polar surface area (TPSA) is 102 Å². The Kier molecular flexibility index (Phi) is 7.56. The van der Waals surface area contributed by atoms with Crippen molar-refractivity contribution in [2.24, 2.45) is 23.7 Å². The van der Waals surface area contributed by atoms with Crippen LogP contribution in [0, 0.1) is 23.7 Å². The first kappa shape index (κ1) is 27.3. The van der Waals surface area contributed by atoms with Crippen LogP contribution in [-0.4, -0.2) is 80.3 Å². The zero-order valence-electron chi connectivity index (χ0n) is 23.0. The van der Waals surface area contributed by atoms with Crippen LogP contribution in [0.3, 0.4) is 0 Å². The molecule has 8 atom stereocenters. The molecule has 1 aromatic rings. The third-order valence-corrected chi connectivity index (χ3v) is 9.32. The normalized spacial score (nSPS) is 39.0. The van der Waals surface area contributed by atoms with E-state index in [9.17, 15) is 9.59 Å². The van der Waals surface area contributed by atoms with Gasteiger partial charge in [-0.3, -0.25) is 14.5 Å². The second kappa shape index (κ2) is 10.8. The zero-order valence-corrected chi connectivity index (χ0v) is 23.0. The van der Waals surface area contributed by atoms with E-state index in [4.69, 9.17) is 33.5 Å². The van der Waals surface area contributed by atoms with Crippen molar-refractivity contribution in [3.8, 4) is 0 Å². The molecule has 39 heavy (non-hydrogen) atoms. The van der Waals surface area contributed by atoms with Gasteiger partial charge in [0.15, 0.2) is 18.2 Å². The van der Waals surface area contributed by atoms with Crippen molar-refractivity contribution in [3.05, 3.63) is 35.4 Å². The zero-order chi connectivity index (χ0) is 27.2. The third-order valence-electron chi connectivity index (χ3n) is 9.32. The number of imide groups is 1. The fraction of sp³-hybridized carbons (Fsp3) is 0.724. The standard InChI is InChI=1S/C29H39NO9/c1-18-8-9-23-19(2)26(36-27-29(23)22(18)10-11-28(3,37-27)38-39-29)35-17-16-34-15-14-33-13-12-30-24(31)20-6-4-5-7-21(20)25(30)32/h4-7,18-19,22-23,26-27H,8-17H2,1-3H3/t18-,19-,22+,23+,26+,27-,28+,29-/m1/s1. The molecule has 2 bridgehead atoms. The van der Waals surface area contributed by atoms with Crippen LogP contribution in [-0.2, 0) is 33.5 Å². The Bertz CT molecular complexity index is 1050. The Morgan fingerprint density at radius 3 is 2.33 bits per heavy atom. The SMILES string of the molecule is C[C@H]1[C@@H](OCCOCCOCCN2C(=O)c3ccccc3C2=O)O[C@@H]2O[C@]3(C)CC[C@H]4[C@H](C)CC[C@@H]1[C@@]24OO3. The Morgan fingerprint density at radius 2 is 1.59 bits per heavy atom. The lowest BCUT2D eigenvalue weighted by Gasteiger charge is -2.60. The highest BCUT2D eigenvalue weighted by atomic mass is 17.3. The summed E-state index contributed by atoms with van der Waals surface area (Å²) < 4.78 is 30.2. The van der Waals surface area contributed by atoms with Gasteiger partial charge < -0.3 is 23.7 Å². The molecule has 4 saturated heterocycles. The van der Waals surface area contributed by atoms with Crippen LogP contribution in [0.25, 0.3) is 0 Å². The van der Waals surface area contributed by atoms with Crippen molar-refractivity contribution >= 4 is 11.8 Å². The first-order valence-corrected chi connectivity index (χ1v) is 14.3. The van der Waals surface area contributed by atoms with Gasteiger partial charge in [0.2, 0.25) is 5.79 Å². The van der Waals surface area contributed by atoms with E-state index < -0.39 is 24.0 Å². The van der Waals surface area contributed by atoms with E-state index in [1.165, 1.54) is 4.90 Å². The van der Waals surface area contributed by atoms with E-state index in [-0.39, 0.29) is 36.8 Å². The van der Waals surface area contributed by atoms with Gasteiger partial charge in [0, 0.05) is 18.3 Å². The molecule has 0 unspecified atom stereocenters.